The molecule has 2 rings (SSSR count). The summed E-state index contributed by atoms with van der Waals surface area (Å²) in [5.74, 6) is -0.578. The summed E-state index contributed by atoms with van der Waals surface area (Å²) < 4.78 is 20.7. The summed E-state index contributed by atoms with van der Waals surface area (Å²) in [5.41, 5.74) is 5.63. The minimum absolute atomic E-state index is 0.0470. The summed E-state index contributed by atoms with van der Waals surface area (Å²) in [5, 5.41) is 3.94. The lowest BCUT2D eigenvalue weighted by molar-refractivity contribution is -0.118. The van der Waals surface area contributed by atoms with Crippen molar-refractivity contribution in [3.8, 4) is 11.5 Å². The topological polar surface area (TPSA) is 64.3 Å². The van der Waals surface area contributed by atoms with Gasteiger partial charge in [0, 0.05) is 29.1 Å². The lowest BCUT2D eigenvalue weighted by atomic mass is 10.0. The number of carbonyl (C=O) groups is 1. The van der Waals surface area contributed by atoms with Crippen LogP contribution in [-0.2, 0) is 4.79 Å². The summed E-state index contributed by atoms with van der Waals surface area (Å²) in [6, 6.07) is 9.27. The Morgan fingerprint density at radius 3 is 2.46 bits per heavy atom. The maximum Gasteiger partial charge on any atom is 0.218 e. The van der Waals surface area contributed by atoms with Crippen LogP contribution in [0.3, 0.4) is 0 Å². The second kappa shape index (κ2) is 9.21. The fourth-order valence-electron chi connectivity index (χ4n) is 2.66. The van der Waals surface area contributed by atoms with Gasteiger partial charge in [-0.3, -0.25) is 4.79 Å². The van der Waals surface area contributed by atoms with E-state index in [1.165, 1.54) is 0 Å². The number of nitrogens with two attached hydrogens (primary N) is 1. The lowest BCUT2D eigenvalue weighted by Gasteiger charge is -2.23. The molecule has 0 saturated heterocycles. The molecular formula is C19H21Cl2FN2O2. The molecule has 140 valence electrons. The highest BCUT2D eigenvalue weighted by atomic mass is 35.5. The van der Waals surface area contributed by atoms with E-state index in [0.29, 0.717) is 22.8 Å². The van der Waals surface area contributed by atoms with Crippen molar-refractivity contribution in [1.82, 2.24) is 5.32 Å². The van der Waals surface area contributed by atoms with E-state index < -0.39 is 11.7 Å². The fraction of sp³-hybridized carbons (Fsp3) is 0.316. The van der Waals surface area contributed by atoms with Crippen molar-refractivity contribution in [2.45, 2.75) is 38.8 Å². The van der Waals surface area contributed by atoms with E-state index in [1.54, 1.807) is 36.4 Å². The standard InChI is InChI=1S/C19H21Cl2FN2O2/c1-3-16(24-11(2)10-17(23)25)14-8-9-15(21)19(18(14)22)26-13-6-4-12(20)5-7-13/h4-9,11,16,24H,3,10H2,1-2H3,(H2,23,25)/t11-,16-/m1/s1. The molecule has 0 aliphatic carbocycles. The predicted octanol–water partition coefficient (Wildman–Crippen LogP) is 5.23. The zero-order valence-corrected chi connectivity index (χ0v) is 16.1. The zero-order valence-electron chi connectivity index (χ0n) is 14.6. The summed E-state index contributed by atoms with van der Waals surface area (Å²) in [6.45, 7) is 3.74. The van der Waals surface area contributed by atoms with Gasteiger partial charge in [0.25, 0.3) is 0 Å². The van der Waals surface area contributed by atoms with Gasteiger partial charge in [0.15, 0.2) is 11.6 Å². The molecule has 0 saturated carbocycles. The average molecular weight is 399 g/mol. The van der Waals surface area contributed by atoms with E-state index >= 15 is 4.39 Å². The molecule has 0 aliphatic rings. The van der Waals surface area contributed by atoms with Gasteiger partial charge in [-0.25, -0.2) is 4.39 Å². The number of halogens is 3. The zero-order chi connectivity index (χ0) is 19.3. The van der Waals surface area contributed by atoms with Crippen molar-refractivity contribution in [3.05, 3.63) is 57.8 Å². The monoisotopic (exact) mass is 398 g/mol. The van der Waals surface area contributed by atoms with Crippen LogP contribution in [0.4, 0.5) is 4.39 Å². The highest BCUT2D eigenvalue weighted by molar-refractivity contribution is 6.32. The maximum atomic E-state index is 15.1. The number of hydrogen-bond acceptors (Lipinski definition) is 3. The molecule has 0 heterocycles. The fourth-order valence-corrected chi connectivity index (χ4v) is 2.97. The van der Waals surface area contributed by atoms with Crippen molar-refractivity contribution in [1.29, 1.82) is 0 Å². The van der Waals surface area contributed by atoms with Gasteiger partial charge in [-0.15, -0.1) is 0 Å². The molecule has 0 fully saturated rings. The molecule has 2 aromatic rings. The van der Waals surface area contributed by atoms with Crippen molar-refractivity contribution >= 4 is 29.1 Å². The lowest BCUT2D eigenvalue weighted by Crippen LogP contribution is -2.34. The van der Waals surface area contributed by atoms with Crippen molar-refractivity contribution < 1.29 is 13.9 Å². The molecule has 0 aromatic heterocycles. The number of carbonyl (C=O) groups excluding carboxylic acids is 1. The third kappa shape index (κ3) is 5.34. The number of benzene rings is 2. The number of nitrogens with one attached hydrogen (secondary N) is 1. The normalized spacial score (nSPS) is 13.3. The third-order valence-corrected chi connectivity index (χ3v) is 4.44. The van der Waals surface area contributed by atoms with Crippen LogP contribution in [0.15, 0.2) is 36.4 Å². The van der Waals surface area contributed by atoms with Crippen LogP contribution in [0, 0.1) is 5.82 Å². The first-order valence-electron chi connectivity index (χ1n) is 8.27. The van der Waals surface area contributed by atoms with Crippen molar-refractivity contribution in [3.63, 3.8) is 0 Å². The number of rotatable bonds is 8. The predicted molar refractivity (Wildman–Crippen MR) is 102 cm³/mol. The van der Waals surface area contributed by atoms with Gasteiger partial charge in [-0.1, -0.05) is 36.2 Å². The van der Waals surface area contributed by atoms with Crippen LogP contribution < -0.4 is 15.8 Å². The molecule has 26 heavy (non-hydrogen) atoms. The van der Waals surface area contributed by atoms with Gasteiger partial charge >= 0.3 is 0 Å². The summed E-state index contributed by atoms with van der Waals surface area (Å²) >= 11 is 12.0. The summed E-state index contributed by atoms with van der Waals surface area (Å²) in [6.07, 6.45) is 0.780. The second-order valence-corrected chi connectivity index (χ2v) is 6.88. The van der Waals surface area contributed by atoms with Gasteiger partial charge in [0.1, 0.15) is 5.75 Å². The number of hydrogen-bond donors (Lipinski definition) is 2. The van der Waals surface area contributed by atoms with E-state index in [4.69, 9.17) is 33.7 Å². The van der Waals surface area contributed by atoms with Gasteiger partial charge in [0.05, 0.1) is 5.02 Å². The van der Waals surface area contributed by atoms with E-state index in [0.717, 1.165) is 0 Å². The minimum Gasteiger partial charge on any atom is -0.453 e. The van der Waals surface area contributed by atoms with Gasteiger partial charge in [-0.05, 0) is 43.7 Å². The molecule has 0 unspecified atom stereocenters. The maximum absolute atomic E-state index is 15.1. The van der Waals surface area contributed by atoms with Crippen molar-refractivity contribution in [2.75, 3.05) is 0 Å². The largest absolute Gasteiger partial charge is 0.453 e. The average Bonchev–Trinajstić information content (AvgIpc) is 2.58. The minimum atomic E-state index is -0.543. The Morgan fingerprint density at radius 2 is 1.88 bits per heavy atom. The van der Waals surface area contributed by atoms with E-state index in [9.17, 15) is 4.79 Å². The van der Waals surface area contributed by atoms with Crippen LogP contribution in [0.25, 0.3) is 0 Å². The second-order valence-electron chi connectivity index (χ2n) is 6.03. The number of ether oxygens (including phenoxy) is 1. The molecule has 0 spiro atoms. The van der Waals surface area contributed by atoms with Gasteiger partial charge < -0.3 is 15.8 Å². The Labute approximate surface area is 162 Å². The van der Waals surface area contributed by atoms with E-state index in [2.05, 4.69) is 5.32 Å². The first kappa shape index (κ1) is 20.5. The Balaban J connectivity index is 2.28. The Bertz CT molecular complexity index is 769. The Hall–Kier alpha value is -1.82. The Morgan fingerprint density at radius 1 is 1.23 bits per heavy atom. The molecule has 2 aromatic carbocycles. The first-order valence-corrected chi connectivity index (χ1v) is 9.03. The Kier molecular flexibility index (Phi) is 7.26. The number of primary amides is 1. The molecule has 4 nitrogen and oxygen atoms in total. The highest BCUT2D eigenvalue weighted by Crippen LogP contribution is 2.36. The molecule has 0 bridgehead atoms. The summed E-state index contributed by atoms with van der Waals surface area (Å²) in [7, 11) is 0. The van der Waals surface area contributed by atoms with Crippen LogP contribution in [-0.4, -0.2) is 11.9 Å². The van der Waals surface area contributed by atoms with Gasteiger partial charge in [-0.2, -0.15) is 0 Å². The van der Waals surface area contributed by atoms with E-state index in [-0.39, 0.29) is 29.3 Å². The van der Waals surface area contributed by atoms with Crippen molar-refractivity contribution in [2.24, 2.45) is 5.73 Å². The summed E-state index contributed by atoms with van der Waals surface area (Å²) in [4.78, 5) is 11.1. The number of amides is 1. The van der Waals surface area contributed by atoms with Crippen LogP contribution in [0.2, 0.25) is 10.0 Å². The quantitative estimate of drug-likeness (QED) is 0.639. The molecule has 0 aliphatic heterocycles. The van der Waals surface area contributed by atoms with Gasteiger partial charge in [0.2, 0.25) is 5.91 Å². The highest BCUT2D eigenvalue weighted by Gasteiger charge is 2.22. The molecule has 1 amide bonds. The first-order chi connectivity index (χ1) is 12.3. The molecule has 2 atom stereocenters. The van der Waals surface area contributed by atoms with Crippen LogP contribution in [0.1, 0.15) is 38.3 Å². The molecular weight excluding hydrogens is 378 g/mol. The smallest absolute Gasteiger partial charge is 0.218 e. The van der Waals surface area contributed by atoms with Crippen LogP contribution in [0.5, 0.6) is 11.5 Å². The third-order valence-electron chi connectivity index (χ3n) is 3.89. The SMILES string of the molecule is CC[C@@H](N[C@H](C)CC(N)=O)c1ccc(Cl)c(Oc2ccc(Cl)cc2)c1F. The molecule has 7 heteroatoms. The van der Waals surface area contributed by atoms with E-state index in [1.807, 2.05) is 13.8 Å². The van der Waals surface area contributed by atoms with Crippen LogP contribution >= 0.6 is 23.2 Å². The molecule has 0 radical (unpaired) electrons. The molecule has 3 N–H and O–H groups in total.